The molecule has 0 radical (unpaired) electrons. The van der Waals surface area contributed by atoms with Crippen LogP contribution >= 0.6 is 0 Å². The van der Waals surface area contributed by atoms with Crippen molar-refractivity contribution in [2.75, 3.05) is 0 Å². The van der Waals surface area contributed by atoms with Gasteiger partial charge in [0, 0.05) is 29.1 Å². The molecule has 1 N–H and O–H groups in total. The lowest BCUT2D eigenvalue weighted by Gasteiger charge is -2.03. The zero-order chi connectivity index (χ0) is 19.9. The van der Waals surface area contributed by atoms with Crippen molar-refractivity contribution in [2.24, 2.45) is 5.10 Å². The van der Waals surface area contributed by atoms with Crippen molar-refractivity contribution in [3.63, 3.8) is 0 Å². The molecule has 142 valence electrons. The van der Waals surface area contributed by atoms with Gasteiger partial charge in [-0.3, -0.25) is 9.78 Å². The Morgan fingerprint density at radius 1 is 1.03 bits per heavy atom. The summed E-state index contributed by atoms with van der Waals surface area (Å²) in [5.41, 5.74) is 5.68. The largest absolute Gasteiger partial charge is 0.271 e. The fraction of sp³-hybridized carbons (Fsp3) is 0.0476. The Bertz CT molecular complexity index is 1110. The molecule has 0 atom stereocenters. The van der Waals surface area contributed by atoms with Gasteiger partial charge in [-0.15, -0.1) is 10.2 Å². The van der Waals surface area contributed by atoms with Gasteiger partial charge in [0.2, 0.25) is 5.82 Å². The molecule has 8 heteroatoms. The van der Waals surface area contributed by atoms with Crippen molar-refractivity contribution in [1.29, 1.82) is 0 Å². The Morgan fingerprint density at radius 2 is 1.86 bits per heavy atom. The summed E-state index contributed by atoms with van der Waals surface area (Å²) in [6.45, 7) is 0.459. The van der Waals surface area contributed by atoms with Crippen LogP contribution in [-0.2, 0) is 6.54 Å². The Balaban J connectivity index is 1.36. The molecule has 0 spiro atoms. The predicted octanol–water partition coefficient (Wildman–Crippen LogP) is 2.55. The van der Waals surface area contributed by atoms with Gasteiger partial charge in [0.25, 0.3) is 5.91 Å². The van der Waals surface area contributed by atoms with E-state index < -0.39 is 0 Å². The average Bonchev–Trinajstić information content (AvgIpc) is 3.24. The highest BCUT2D eigenvalue weighted by molar-refractivity contribution is 5.94. The van der Waals surface area contributed by atoms with Crippen molar-refractivity contribution in [3.8, 4) is 11.4 Å². The number of rotatable bonds is 6. The van der Waals surface area contributed by atoms with Gasteiger partial charge < -0.3 is 0 Å². The number of aromatic nitrogens is 5. The molecule has 0 fully saturated rings. The highest BCUT2D eigenvalue weighted by Crippen LogP contribution is 2.12. The minimum Gasteiger partial charge on any atom is -0.267 e. The number of hydrogen-bond donors (Lipinski definition) is 1. The number of hydrazone groups is 1. The molecular formula is C21H17N7O. The summed E-state index contributed by atoms with van der Waals surface area (Å²) in [4.78, 5) is 17.7. The average molecular weight is 383 g/mol. The van der Waals surface area contributed by atoms with Crippen LogP contribution in [0.5, 0.6) is 0 Å². The number of nitrogens with one attached hydrogen (secondary N) is 1. The van der Waals surface area contributed by atoms with E-state index in [1.54, 1.807) is 36.8 Å². The van der Waals surface area contributed by atoms with E-state index >= 15 is 0 Å². The molecule has 0 aliphatic heterocycles. The summed E-state index contributed by atoms with van der Waals surface area (Å²) in [5, 5.41) is 16.5. The van der Waals surface area contributed by atoms with Crippen molar-refractivity contribution in [3.05, 3.63) is 95.8 Å². The van der Waals surface area contributed by atoms with Crippen LogP contribution < -0.4 is 5.43 Å². The van der Waals surface area contributed by atoms with Crippen LogP contribution in [0.3, 0.4) is 0 Å². The van der Waals surface area contributed by atoms with Gasteiger partial charge in [-0.2, -0.15) is 9.90 Å². The molecule has 29 heavy (non-hydrogen) atoms. The van der Waals surface area contributed by atoms with Crippen LogP contribution in [0.4, 0.5) is 0 Å². The quantitative estimate of drug-likeness (QED) is 0.408. The van der Waals surface area contributed by atoms with E-state index in [2.05, 4.69) is 30.9 Å². The van der Waals surface area contributed by atoms with Crippen LogP contribution in [0.2, 0.25) is 0 Å². The van der Waals surface area contributed by atoms with Crippen LogP contribution in [0.15, 0.2) is 84.2 Å². The number of tetrazole rings is 1. The molecule has 4 rings (SSSR count). The number of carbonyl (C=O) groups is 1. The second-order valence-corrected chi connectivity index (χ2v) is 6.19. The topological polar surface area (TPSA) is 98.0 Å². The summed E-state index contributed by atoms with van der Waals surface area (Å²) in [5.74, 6) is 0.287. The Morgan fingerprint density at radius 3 is 2.62 bits per heavy atom. The molecule has 0 saturated carbocycles. The summed E-state index contributed by atoms with van der Waals surface area (Å²) in [6.07, 6.45) is 4.88. The minimum absolute atomic E-state index is 0.290. The molecule has 1 amide bonds. The third-order valence-electron chi connectivity index (χ3n) is 4.09. The lowest BCUT2D eigenvalue weighted by molar-refractivity contribution is 0.0955. The maximum absolute atomic E-state index is 12.2. The van der Waals surface area contributed by atoms with Crippen LogP contribution in [0, 0.1) is 0 Å². The first kappa shape index (κ1) is 18.2. The highest BCUT2D eigenvalue weighted by Gasteiger charge is 2.07. The summed E-state index contributed by atoms with van der Waals surface area (Å²) in [7, 11) is 0. The number of pyridine rings is 1. The molecule has 0 aliphatic rings. The molecule has 2 aromatic heterocycles. The summed E-state index contributed by atoms with van der Waals surface area (Å²) in [6, 6.07) is 20.5. The molecule has 4 aromatic rings. The fourth-order valence-corrected chi connectivity index (χ4v) is 2.62. The molecule has 0 aliphatic carbocycles. The maximum atomic E-state index is 12.2. The van der Waals surface area contributed by atoms with Gasteiger partial charge in [0.15, 0.2) is 0 Å². The van der Waals surface area contributed by atoms with E-state index in [9.17, 15) is 4.79 Å². The van der Waals surface area contributed by atoms with Crippen molar-refractivity contribution >= 4 is 12.1 Å². The van der Waals surface area contributed by atoms with E-state index in [0.29, 0.717) is 17.9 Å². The minimum atomic E-state index is -0.290. The second kappa shape index (κ2) is 8.66. The standard InChI is InChI=1S/C21H17N7O/c29-21(25-23-14-17-5-4-12-22-13-17)19-10-8-16(9-11-19)15-28-26-20(24-27-28)18-6-2-1-3-7-18/h1-14H,15H2,(H,25,29)/b23-14-. The number of carbonyl (C=O) groups excluding carboxylic acids is 1. The van der Waals surface area contributed by atoms with E-state index in [0.717, 1.165) is 16.7 Å². The van der Waals surface area contributed by atoms with Gasteiger partial charge in [0.1, 0.15) is 0 Å². The number of amides is 1. The lowest BCUT2D eigenvalue weighted by Crippen LogP contribution is -2.17. The third-order valence-corrected chi connectivity index (χ3v) is 4.09. The zero-order valence-electron chi connectivity index (χ0n) is 15.4. The van der Waals surface area contributed by atoms with Crippen LogP contribution in [0.25, 0.3) is 11.4 Å². The number of hydrogen-bond acceptors (Lipinski definition) is 6. The molecule has 2 heterocycles. The Kier molecular flexibility index (Phi) is 5.43. The van der Waals surface area contributed by atoms with Gasteiger partial charge >= 0.3 is 0 Å². The van der Waals surface area contributed by atoms with Crippen molar-refractivity contribution in [2.45, 2.75) is 6.54 Å². The van der Waals surface area contributed by atoms with Gasteiger partial charge in [-0.1, -0.05) is 48.5 Å². The van der Waals surface area contributed by atoms with Crippen molar-refractivity contribution < 1.29 is 4.79 Å². The first-order valence-electron chi connectivity index (χ1n) is 8.93. The second-order valence-electron chi connectivity index (χ2n) is 6.19. The molecule has 0 bridgehead atoms. The maximum Gasteiger partial charge on any atom is 0.271 e. The zero-order valence-corrected chi connectivity index (χ0v) is 15.4. The summed E-state index contributed by atoms with van der Waals surface area (Å²) < 4.78 is 0. The van der Waals surface area contributed by atoms with Crippen molar-refractivity contribution in [1.82, 2.24) is 30.6 Å². The Hall–Kier alpha value is -4.20. The number of benzene rings is 2. The first-order chi connectivity index (χ1) is 14.3. The lowest BCUT2D eigenvalue weighted by atomic mass is 10.1. The third kappa shape index (κ3) is 4.75. The Labute approximate surface area is 166 Å². The van der Waals surface area contributed by atoms with Crippen LogP contribution in [-0.4, -0.2) is 37.3 Å². The molecule has 2 aromatic carbocycles. The molecule has 8 nitrogen and oxygen atoms in total. The first-order valence-corrected chi connectivity index (χ1v) is 8.93. The van der Waals surface area contributed by atoms with E-state index in [1.165, 1.54) is 4.80 Å². The predicted molar refractivity (Wildman–Crippen MR) is 108 cm³/mol. The van der Waals surface area contributed by atoms with E-state index in [-0.39, 0.29) is 5.91 Å². The monoisotopic (exact) mass is 383 g/mol. The van der Waals surface area contributed by atoms with E-state index in [1.807, 2.05) is 48.5 Å². The van der Waals surface area contributed by atoms with E-state index in [4.69, 9.17) is 0 Å². The molecular weight excluding hydrogens is 366 g/mol. The SMILES string of the molecule is O=C(N/N=C\c1cccnc1)c1ccc(Cn2nnc(-c3ccccc3)n2)cc1. The fourth-order valence-electron chi connectivity index (χ4n) is 2.62. The van der Waals surface area contributed by atoms with Gasteiger partial charge in [-0.05, 0) is 29.0 Å². The molecule has 0 unspecified atom stereocenters. The summed E-state index contributed by atoms with van der Waals surface area (Å²) >= 11 is 0. The van der Waals surface area contributed by atoms with Crippen LogP contribution in [0.1, 0.15) is 21.5 Å². The van der Waals surface area contributed by atoms with Gasteiger partial charge in [0.05, 0.1) is 12.8 Å². The number of nitrogens with zero attached hydrogens (tertiary/aromatic N) is 6. The van der Waals surface area contributed by atoms with Gasteiger partial charge in [-0.25, -0.2) is 5.43 Å². The highest BCUT2D eigenvalue weighted by atomic mass is 16.2. The normalized spacial score (nSPS) is 10.9. The molecule has 0 saturated heterocycles. The smallest absolute Gasteiger partial charge is 0.267 e.